The highest BCUT2D eigenvalue weighted by Crippen LogP contribution is 2.12. The molecular formula is C11H18N4O2. The summed E-state index contributed by atoms with van der Waals surface area (Å²) in [4.78, 5) is 18.0. The number of likely N-dealkylation sites (tertiary alicyclic amines) is 1. The molecule has 2 rings (SSSR count). The van der Waals surface area contributed by atoms with E-state index in [1.54, 1.807) is 7.05 Å². The predicted molar refractivity (Wildman–Crippen MR) is 61.4 cm³/mol. The minimum Gasteiger partial charge on any atom is -0.337 e. The van der Waals surface area contributed by atoms with Crippen molar-refractivity contribution >= 4 is 5.91 Å². The molecule has 1 N–H and O–H groups in total. The molecular weight excluding hydrogens is 220 g/mol. The first-order valence-corrected chi connectivity index (χ1v) is 6.07. The summed E-state index contributed by atoms with van der Waals surface area (Å²) in [7, 11) is 1.79. The van der Waals surface area contributed by atoms with Crippen LogP contribution in [0.25, 0.3) is 0 Å². The van der Waals surface area contributed by atoms with Crippen LogP contribution in [0.4, 0.5) is 0 Å². The summed E-state index contributed by atoms with van der Waals surface area (Å²) in [5.74, 6) is 0.515. The van der Waals surface area contributed by atoms with Crippen molar-refractivity contribution in [3.63, 3.8) is 0 Å². The Hall–Kier alpha value is -1.43. The number of aromatic nitrogens is 2. The molecule has 0 aliphatic carbocycles. The first kappa shape index (κ1) is 12.0. The summed E-state index contributed by atoms with van der Waals surface area (Å²) in [6.45, 7) is 2.09. The highest BCUT2D eigenvalue weighted by atomic mass is 16.5. The summed E-state index contributed by atoms with van der Waals surface area (Å²) >= 11 is 0. The van der Waals surface area contributed by atoms with Gasteiger partial charge in [-0.25, -0.2) is 0 Å². The molecule has 0 saturated carbocycles. The third-order valence-electron chi connectivity index (χ3n) is 2.88. The van der Waals surface area contributed by atoms with Gasteiger partial charge in [-0.3, -0.25) is 4.79 Å². The fraction of sp³-hybridized carbons (Fsp3) is 0.727. The molecule has 0 atom stereocenters. The van der Waals surface area contributed by atoms with Crippen molar-refractivity contribution in [2.24, 2.45) is 0 Å². The second-order valence-electron chi connectivity index (χ2n) is 4.25. The molecule has 0 bridgehead atoms. The van der Waals surface area contributed by atoms with Crippen molar-refractivity contribution in [3.05, 3.63) is 11.7 Å². The molecule has 1 aliphatic rings. The maximum atomic E-state index is 12.1. The van der Waals surface area contributed by atoms with Crippen molar-refractivity contribution < 1.29 is 9.32 Å². The highest BCUT2D eigenvalue weighted by Gasteiger charge is 2.22. The monoisotopic (exact) mass is 238 g/mol. The second-order valence-corrected chi connectivity index (χ2v) is 4.25. The SMILES string of the molecule is CNCc1nc(C(=O)N2CCCCCC2)no1. The Bertz CT molecular complexity index is 369. The van der Waals surface area contributed by atoms with Crippen molar-refractivity contribution in [2.75, 3.05) is 20.1 Å². The molecule has 0 unspecified atom stereocenters. The maximum Gasteiger partial charge on any atom is 0.295 e. The molecule has 1 amide bonds. The van der Waals surface area contributed by atoms with Gasteiger partial charge in [-0.15, -0.1) is 0 Å². The smallest absolute Gasteiger partial charge is 0.295 e. The number of carbonyl (C=O) groups is 1. The molecule has 0 aromatic carbocycles. The quantitative estimate of drug-likeness (QED) is 0.843. The van der Waals surface area contributed by atoms with E-state index in [9.17, 15) is 4.79 Å². The van der Waals surface area contributed by atoms with Crippen LogP contribution in [-0.4, -0.2) is 41.1 Å². The average molecular weight is 238 g/mol. The Morgan fingerprint density at radius 3 is 2.71 bits per heavy atom. The fourth-order valence-corrected chi connectivity index (χ4v) is 1.98. The van der Waals surface area contributed by atoms with Gasteiger partial charge < -0.3 is 14.7 Å². The molecule has 0 spiro atoms. The van der Waals surface area contributed by atoms with E-state index in [4.69, 9.17) is 4.52 Å². The Morgan fingerprint density at radius 1 is 1.35 bits per heavy atom. The number of carbonyl (C=O) groups excluding carboxylic acids is 1. The molecule has 2 heterocycles. The summed E-state index contributed by atoms with van der Waals surface area (Å²) in [6.07, 6.45) is 4.52. The lowest BCUT2D eigenvalue weighted by Crippen LogP contribution is -2.32. The summed E-state index contributed by atoms with van der Waals surface area (Å²) in [6, 6.07) is 0. The molecule has 1 aromatic heterocycles. The van der Waals surface area contributed by atoms with E-state index >= 15 is 0 Å². The molecule has 6 heteroatoms. The van der Waals surface area contributed by atoms with E-state index in [1.807, 2.05) is 4.90 Å². The second kappa shape index (κ2) is 5.77. The van der Waals surface area contributed by atoms with Gasteiger partial charge in [0.25, 0.3) is 11.7 Å². The molecule has 17 heavy (non-hydrogen) atoms. The van der Waals surface area contributed by atoms with Crippen LogP contribution in [0, 0.1) is 0 Å². The number of hydrogen-bond acceptors (Lipinski definition) is 5. The molecule has 1 aliphatic heterocycles. The van der Waals surface area contributed by atoms with Gasteiger partial charge in [0.05, 0.1) is 6.54 Å². The zero-order chi connectivity index (χ0) is 12.1. The van der Waals surface area contributed by atoms with Gasteiger partial charge in [0.1, 0.15) is 0 Å². The number of nitrogens with one attached hydrogen (secondary N) is 1. The van der Waals surface area contributed by atoms with E-state index in [0.29, 0.717) is 12.4 Å². The number of rotatable bonds is 3. The van der Waals surface area contributed by atoms with Gasteiger partial charge in [0.15, 0.2) is 0 Å². The zero-order valence-corrected chi connectivity index (χ0v) is 10.1. The largest absolute Gasteiger partial charge is 0.337 e. The Labute approximate surface area is 100 Å². The zero-order valence-electron chi connectivity index (χ0n) is 10.1. The predicted octanol–water partition coefficient (Wildman–Crippen LogP) is 0.805. The van der Waals surface area contributed by atoms with Gasteiger partial charge in [0, 0.05) is 13.1 Å². The molecule has 1 fully saturated rings. The Balaban J connectivity index is 2.01. The number of amides is 1. The number of nitrogens with zero attached hydrogens (tertiary/aromatic N) is 3. The van der Waals surface area contributed by atoms with Crippen LogP contribution in [-0.2, 0) is 6.54 Å². The molecule has 6 nitrogen and oxygen atoms in total. The van der Waals surface area contributed by atoms with E-state index in [2.05, 4.69) is 15.5 Å². The first-order chi connectivity index (χ1) is 8.31. The van der Waals surface area contributed by atoms with Crippen molar-refractivity contribution in [1.29, 1.82) is 0 Å². The summed E-state index contributed by atoms with van der Waals surface area (Å²) in [5, 5.41) is 6.63. The van der Waals surface area contributed by atoms with E-state index < -0.39 is 0 Å². The maximum absolute atomic E-state index is 12.1. The number of hydrogen-bond donors (Lipinski definition) is 1. The van der Waals surface area contributed by atoms with Gasteiger partial charge in [-0.2, -0.15) is 4.98 Å². The Kier molecular flexibility index (Phi) is 4.08. The van der Waals surface area contributed by atoms with Crippen LogP contribution < -0.4 is 5.32 Å². The minimum absolute atomic E-state index is 0.113. The third kappa shape index (κ3) is 3.03. The van der Waals surface area contributed by atoms with Gasteiger partial charge in [0.2, 0.25) is 5.89 Å². The van der Waals surface area contributed by atoms with Crippen molar-refractivity contribution in [1.82, 2.24) is 20.4 Å². The van der Waals surface area contributed by atoms with Gasteiger partial charge >= 0.3 is 0 Å². The fourth-order valence-electron chi connectivity index (χ4n) is 1.98. The van der Waals surface area contributed by atoms with Crippen molar-refractivity contribution in [2.45, 2.75) is 32.2 Å². The van der Waals surface area contributed by atoms with Crippen LogP contribution >= 0.6 is 0 Å². The lowest BCUT2D eigenvalue weighted by molar-refractivity contribution is 0.0746. The lowest BCUT2D eigenvalue weighted by atomic mass is 10.2. The summed E-state index contributed by atoms with van der Waals surface area (Å²) in [5.41, 5.74) is 0. The topological polar surface area (TPSA) is 71.3 Å². The van der Waals surface area contributed by atoms with Crippen LogP contribution in [0.1, 0.15) is 42.2 Å². The Morgan fingerprint density at radius 2 is 2.06 bits per heavy atom. The third-order valence-corrected chi connectivity index (χ3v) is 2.88. The van der Waals surface area contributed by atoms with Gasteiger partial charge in [-0.05, 0) is 19.9 Å². The van der Waals surface area contributed by atoms with Crippen molar-refractivity contribution in [3.8, 4) is 0 Å². The molecule has 94 valence electrons. The first-order valence-electron chi connectivity index (χ1n) is 6.07. The lowest BCUT2D eigenvalue weighted by Gasteiger charge is -2.17. The average Bonchev–Trinajstić information content (AvgIpc) is 2.64. The van der Waals surface area contributed by atoms with E-state index in [0.717, 1.165) is 25.9 Å². The normalized spacial score (nSPS) is 16.9. The standard InChI is InChI=1S/C11H18N4O2/c1-12-8-9-13-10(14-17-9)11(16)15-6-4-2-3-5-7-15/h12H,2-8H2,1H3. The van der Waals surface area contributed by atoms with Crippen LogP contribution in [0.15, 0.2) is 4.52 Å². The van der Waals surface area contributed by atoms with Crippen LogP contribution in [0.2, 0.25) is 0 Å². The van der Waals surface area contributed by atoms with Gasteiger partial charge in [-0.1, -0.05) is 18.0 Å². The highest BCUT2D eigenvalue weighted by molar-refractivity contribution is 5.90. The van der Waals surface area contributed by atoms with Crippen LogP contribution in [0.3, 0.4) is 0 Å². The molecule has 1 aromatic rings. The van der Waals surface area contributed by atoms with E-state index in [1.165, 1.54) is 12.8 Å². The van der Waals surface area contributed by atoms with Crippen LogP contribution in [0.5, 0.6) is 0 Å². The molecule has 0 radical (unpaired) electrons. The molecule has 1 saturated heterocycles. The van der Waals surface area contributed by atoms with E-state index in [-0.39, 0.29) is 11.7 Å². The minimum atomic E-state index is -0.113. The summed E-state index contributed by atoms with van der Waals surface area (Å²) < 4.78 is 4.98.